The highest BCUT2D eigenvalue weighted by Gasteiger charge is 2.60. The molecule has 1 aliphatic carbocycles. The number of methoxy groups -OCH3 is 1. The number of carbonyl (C=O) groups is 4. The number of allylic oxidation sites excluding steroid dienone is 1. The van der Waals surface area contributed by atoms with Gasteiger partial charge in [-0.1, -0.05) is 0 Å². The van der Waals surface area contributed by atoms with Crippen LogP contribution in [0.5, 0.6) is 0 Å². The third-order valence-corrected chi connectivity index (χ3v) is 3.86. The van der Waals surface area contributed by atoms with Crippen LogP contribution >= 0.6 is 0 Å². The fourth-order valence-corrected chi connectivity index (χ4v) is 2.89. The summed E-state index contributed by atoms with van der Waals surface area (Å²) in [6.07, 6.45) is 2.33. The van der Waals surface area contributed by atoms with Crippen LogP contribution in [-0.2, 0) is 33.4 Å². The fraction of sp³-hybridized carbons (Fsp3) is 0.625. The zero-order valence-electron chi connectivity index (χ0n) is 13.6. The maximum absolute atomic E-state index is 12.4. The van der Waals surface area contributed by atoms with Gasteiger partial charge in [-0.05, 0) is 32.9 Å². The monoisotopic (exact) mass is 324 g/mol. The molecule has 0 spiro atoms. The predicted octanol–water partition coefficient (Wildman–Crippen LogP) is 0.948. The van der Waals surface area contributed by atoms with Crippen molar-refractivity contribution in [3.05, 3.63) is 12.2 Å². The van der Waals surface area contributed by atoms with Gasteiger partial charge in [-0.2, -0.15) is 0 Å². The zero-order chi connectivity index (χ0) is 17.4. The molecule has 0 saturated carbocycles. The van der Waals surface area contributed by atoms with E-state index in [1.54, 1.807) is 20.8 Å². The van der Waals surface area contributed by atoms with Crippen LogP contribution in [0.4, 0.5) is 0 Å². The third-order valence-electron chi connectivity index (χ3n) is 3.86. The predicted molar refractivity (Wildman–Crippen MR) is 77.0 cm³/mol. The average Bonchev–Trinajstić information content (AvgIpc) is 2.68. The van der Waals surface area contributed by atoms with Crippen molar-refractivity contribution >= 4 is 23.7 Å². The lowest BCUT2D eigenvalue weighted by Gasteiger charge is -2.33. The molecular formula is C16H20O7. The number of fused-ring (bicyclic) bond motifs is 1. The van der Waals surface area contributed by atoms with Crippen molar-refractivity contribution in [2.45, 2.75) is 44.8 Å². The van der Waals surface area contributed by atoms with E-state index in [1.165, 1.54) is 19.3 Å². The SMILES string of the molecule is COC(=O)C[C@@]12C=CC(=O)C[C@@H]1[C@@H](C(=O)OC(C)(C)C)C(=O)O2. The van der Waals surface area contributed by atoms with Gasteiger partial charge in [0.25, 0.3) is 0 Å². The highest BCUT2D eigenvalue weighted by Crippen LogP contribution is 2.46. The molecule has 2 rings (SSSR count). The minimum Gasteiger partial charge on any atom is -0.469 e. The van der Waals surface area contributed by atoms with Gasteiger partial charge in [0.15, 0.2) is 11.7 Å². The Balaban J connectivity index is 2.34. The van der Waals surface area contributed by atoms with Crippen LogP contribution in [0.2, 0.25) is 0 Å². The van der Waals surface area contributed by atoms with Gasteiger partial charge in [0.2, 0.25) is 0 Å². The van der Waals surface area contributed by atoms with Crippen molar-refractivity contribution in [2.75, 3.05) is 7.11 Å². The molecule has 0 unspecified atom stereocenters. The molecule has 0 amide bonds. The first kappa shape index (κ1) is 17.2. The first-order valence-corrected chi connectivity index (χ1v) is 7.32. The van der Waals surface area contributed by atoms with Gasteiger partial charge in [0.1, 0.15) is 11.2 Å². The molecule has 3 atom stereocenters. The molecular weight excluding hydrogens is 304 g/mol. The van der Waals surface area contributed by atoms with Crippen molar-refractivity contribution in [2.24, 2.45) is 11.8 Å². The van der Waals surface area contributed by atoms with Gasteiger partial charge < -0.3 is 14.2 Å². The Hall–Kier alpha value is -2.18. The van der Waals surface area contributed by atoms with Gasteiger partial charge >= 0.3 is 17.9 Å². The van der Waals surface area contributed by atoms with Crippen molar-refractivity contribution in [1.29, 1.82) is 0 Å². The summed E-state index contributed by atoms with van der Waals surface area (Å²) >= 11 is 0. The van der Waals surface area contributed by atoms with Crippen LogP contribution in [0.3, 0.4) is 0 Å². The molecule has 0 aromatic heterocycles. The second-order valence-corrected chi connectivity index (χ2v) is 6.75. The summed E-state index contributed by atoms with van der Waals surface area (Å²) in [6.45, 7) is 5.04. The van der Waals surface area contributed by atoms with Crippen LogP contribution in [0.25, 0.3) is 0 Å². The third kappa shape index (κ3) is 3.43. The van der Waals surface area contributed by atoms with Gasteiger partial charge in [0.05, 0.1) is 13.5 Å². The van der Waals surface area contributed by atoms with Crippen molar-refractivity contribution in [3.63, 3.8) is 0 Å². The highest BCUT2D eigenvalue weighted by atomic mass is 16.6. The molecule has 1 heterocycles. The van der Waals surface area contributed by atoms with Gasteiger partial charge in [-0.3, -0.25) is 19.2 Å². The molecule has 0 aromatic carbocycles. The molecule has 1 fully saturated rings. The molecule has 7 heteroatoms. The summed E-state index contributed by atoms with van der Waals surface area (Å²) in [5, 5.41) is 0. The van der Waals surface area contributed by atoms with Crippen molar-refractivity contribution in [3.8, 4) is 0 Å². The molecule has 1 aliphatic heterocycles. The van der Waals surface area contributed by atoms with Crippen LogP contribution < -0.4 is 0 Å². The van der Waals surface area contributed by atoms with Gasteiger partial charge in [-0.25, -0.2) is 0 Å². The molecule has 0 bridgehead atoms. The molecule has 0 aromatic rings. The lowest BCUT2D eigenvalue weighted by molar-refractivity contribution is -0.165. The van der Waals surface area contributed by atoms with Gasteiger partial charge in [0, 0.05) is 12.3 Å². The highest BCUT2D eigenvalue weighted by molar-refractivity contribution is 6.01. The van der Waals surface area contributed by atoms with E-state index >= 15 is 0 Å². The Labute approximate surface area is 133 Å². The number of rotatable bonds is 3. The first-order chi connectivity index (χ1) is 10.6. The Morgan fingerprint density at radius 3 is 2.57 bits per heavy atom. The second-order valence-electron chi connectivity index (χ2n) is 6.75. The Morgan fingerprint density at radius 1 is 1.35 bits per heavy atom. The quantitative estimate of drug-likeness (QED) is 0.433. The van der Waals surface area contributed by atoms with E-state index in [1.807, 2.05) is 0 Å². The standard InChI is InChI=1S/C16H20O7/c1-15(2,3)22-13(19)12-10-7-9(17)5-6-16(10,23-14(12)20)8-11(18)21-4/h5-6,10,12H,7-8H2,1-4H3/t10-,12+,16+/m1/s1. The average molecular weight is 324 g/mol. The topological polar surface area (TPSA) is 96.0 Å². The van der Waals surface area contributed by atoms with E-state index in [9.17, 15) is 19.2 Å². The summed E-state index contributed by atoms with van der Waals surface area (Å²) < 4.78 is 15.2. The van der Waals surface area contributed by atoms with E-state index < -0.39 is 40.9 Å². The van der Waals surface area contributed by atoms with Crippen LogP contribution in [-0.4, -0.2) is 42.0 Å². The summed E-state index contributed by atoms with van der Waals surface area (Å²) in [5.74, 6) is -4.36. The van der Waals surface area contributed by atoms with E-state index in [-0.39, 0.29) is 18.6 Å². The number of ether oxygens (including phenoxy) is 3. The summed E-state index contributed by atoms with van der Waals surface area (Å²) in [7, 11) is 1.22. The maximum Gasteiger partial charge on any atom is 0.321 e. The normalized spacial score (nSPS) is 29.7. The minimum atomic E-state index is -1.33. The maximum atomic E-state index is 12.4. The number of esters is 3. The first-order valence-electron chi connectivity index (χ1n) is 7.32. The smallest absolute Gasteiger partial charge is 0.321 e. The summed E-state index contributed by atoms with van der Waals surface area (Å²) in [5.41, 5.74) is -2.11. The van der Waals surface area contributed by atoms with Crippen LogP contribution in [0, 0.1) is 11.8 Å². The fourth-order valence-electron chi connectivity index (χ4n) is 2.89. The zero-order valence-corrected chi connectivity index (χ0v) is 13.6. The molecule has 7 nitrogen and oxygen atoms in total. The summed E-state index contributed by atoms with van der Waals surface area (Å²) in [6, 6.07) is 0. The molecule has 0 radical (unpaired) electrons. The number of hydrogen-bond donors (Lipinski definition) is 0. The molecule has 126 valence electrons. The van der Waals surface area contributed by atoms with Crippen LogP contribution in [0.15, 0.2) is 12.2 Å². The second kappa shape index (κ2) is 5.79. The van der Waals surface area contributed by atoms with Crippen molar-refractivity contribution in [1.82, 2.24) is 0 Å². The lowest BCUT2D eigenvalue weighted by Crippen LogP contribution is -2.43. The Kier molecular flexibility index (Phi) is 4.32. The number of hydrogen-bond acceptors (Lipinski definition) is 7. The van der Waals surface area contributed by atoms with E-state index in [0.717, 1.165) is 0 Å². The molecule has 2 aliphatic rings. The van der Waals surface area contributed by atoms with Crippen molar-refractivity contribution < 1.29 is 33.4 Å². The van der Waals surface area contributed by atoms with E-state index in [2.05, 4.69) is 4.74 Å². The Bertz CT molecular complexity index is 584. The van der Waals surface area contributed by atoms with Crippen LogP contribution in [0.1, 0.15) is 33.6 Å². The summed E-state index contributed by atoms with van der Waals surface area (Å²) in [4.78, 5) is 48.0. The number of ketones is 1. The molecule has 1 saturated heterocycles. The molecule has 0 N–H and O–H groups in total. The van der Waals surface area contributed by atoms with Gasteiger partial charge in [-0.15, -0.1) is 0 Å². The minimum absolute atomic E-state index is 0.0663. The van der Waals surface area contributed by atoms with E-state index in [0.29, 0.717) is 0 Å². The Morgan fingerprint density at radius 2 is 2.00 bits per heavy atom. The molecule has 23 heavy (non-hydrogen) atoms. The van der Waals surface area contributed by atoms with E-state index in [4.69, 9.17) is 9.47 Å². The largest absolute Gasteiger partial charge is 0.469 e. The number of carbonyl (C=O) groups excluding carboxylic acids is 4. The lowest BCUT2D eigenvalue weighted by atomic mass is 9.73.